The van der Waals surface area contributed by atoms with E-state index in [1.807, 2.05) is 24.3 Å². The normalized spacial score (nSPS) is 22.3. The van der Waals surface area contributed by atoms with Crippen molar-refractivity contribution in [1.82, 2.24) is 21.0 Å². The number of benzene rings is 2. The number of aromatic nitrogens is 2. The second-order valence-corrected chi connectivity index (χ2v) is 7.54. The zero-order valence-corrected chi connectivity index (χ0v) is 17.1. The summed E-state index contributed by atoms with van der Waals surface area (Å²) < 4.78 is 21.7. The maximum atomic E-state index is 5.65. The lowest BCUT2D eigenvalue weighted by molar-refractivity contribution is 0.290. The van der Waals surface area contributed by atoms with Gasteiger partial charge in [0.2, 0.25) is 11.7 Å². The molecule has 0 radical (unpaired) electrons. The monoisotopic (exact) mass is 408 g/mol. The molecule has 0 spiro atoms. The van der Waals surface area contributed by atoms with Crippen molar-refractivity contribution in [3.63, 3.8) is 0 Å². The van der Waals surface area contributed by atoms with Gasteiger partial charge in [0.1, 0.15) is 11.8 Å². The Balaban J connectivity index is 1.40. The molecule has 2 aliphatic rings. The lowest BCUT2D eigenvalue weighted by Gasteiger charge is -2.29. The van der Waals surface area contributed by atoms with Crippen LogP contribution in [-0.4, -0.2) is 31.5 Å². The molecule has 1 aliphatic heterocycles. The number of methoxy groups -OCH3 is 3. The third-order valence-electron chi connectivity index (χ3n) is 6.03. The summed E-state index contributed by atoms with van der Waals surface area (Å²) in [4.78, 5) is 4.67. The highest BCUT2D eigenvalue weighted by Gasteiger charge is 2.43. The summed E-state index contributed by atoms with van der Waals surface area (Å²) in [6, 6.07) is 12.0. The Kier molecular flexibility index (Phi) is 4.80. The van der Waals surface area contributed by atoms with E-state index in [1.54, 1.807) is 21.3 Å². The molecule has 5 rings (SSSR count). The van der Waals surface area contributed by atoms with E-state index in [-0.39, 0.29) is 12.1 Å². The van der Waals surface area contributed by atoms with Crippen molar-refractivity contribution in [2.24, 2.45) is 5.92 Å². The summed E-state index contributed by atoms with van der Waals surface area (Å²) in [6.45, 7) is 0. The minimum Gasteiger partial charge on any atom is -0.497 e. The highest BCUT2D eigenvalue weighted by molar-refractivity contribution is 5.60. The van der Waals surface area contributed by atoms with Gasteiger partial charge in [-0.25, -0.2) is 10.9 Å². The molecule has 0 saturated carbocycles. The Morgan fingerprint density at radius 2 is 1.77 bits per heavy atom. The Bertz CT molecular complexity index is 1070. The minimum absolute atomic E-state index is 0.0494. The summed E-state index contributed by atoms with van der Waals surface area (Å²) in [6.07, 6.45) is 2.01. The van der Waals surface area contributed by atoms with E-state index in [4.69, 9.17) is 18.7 Å². The third kappa shape index (κ3) is 3.09. The molecule has 8 nitrogen and oxygen atoms in total. The molecule has 156 valence electrons. The lowest BCUT2D eigenvalue weighted by atomic mass is 9.77. The maximum absolute atomic E-state index is 5.65. The molecule has 2 N–H and O–H groups in total. The average molecular weight is 408 g/mol. The average Bonchev–Trinajstić information content (AvgIpc) is 3.45. The summed E-state index contributed by atoms with van der Waals surface area (Å²) in [5.41, 5.74) is 10.2. The largest absolute Gasteiger partial charge is 0.497 e. The number of hydrogen-bond donors (Lipinski definition) is 2. The van der Waals surface area contributed by atoms with Crippen LogP contribution in [0.1, 0.15) is 35.5 Å². The van der Waals surface area contributed by atoms with E-state index in [0.717, 1.165) is 24.2 Å². The summed E-state index contributed by atoms with van der Waals surface area (Å²) in [5, 5.41) is 4.20. The number of nitrogens with zero attached hydrogens (tertiary/aromatic N) is 2. The van der Waals surface area contributed by atoms with Crippen LogP contribution >= 0.6 is 0 Å². The Hall–Kier alpha value is -3.10. The maximum Gasteiger partial charge on any atom is 0.245 e. The fourth-order valence-corrected chi connectivity index (χ4v) is 4.48. The van der Waals surface area contributed by atoms with Crippen LogP contribution < -0.4 is 25.1 Å². The number of hydrazine groups is 1. The van der Waals surface area contributed by atoms with Crippen molar-refractivity contribution in [2.45, 2.75) is 24.9 Å². The molecule has 1 aliphatic carbocycles. The van der Waals surface area contributed by atoms with Crippen molar-refractivity contribution in [3.05, 3.63) is 53.4 Å². The molecule has 3 atom stereocenters. The zero-order valence-electron chi connectivity index (χ0n) is 17.1. The van der Waals surface area contributed by atoms with Gasteiger partial charge in [0.05, 0.1) is 27.4 Å². The quantitative estimate of drug-likeness (QED) is 0.665. The van der Waals surface area contributed by atoms with Gasteiger partial charge >= 0.3 is 0 Å². The number of ether oxygens (including phenoxy) is 3. The van der Waals surface area contributed by atoms with Gasteiger partial charge in [0.25, 0.3) is 0 Å². The van der Waals surface area contributed by atoms with Gasteiger partial charge in [-0.3, -0.25) is 0 Å². The zero-order chi connectivity index (χ0) is 20.7. The van der Waals surface area contributed by atoms with Crippen LogP contribution in [0.3, 0.4) is 0 Å². The van der Waals surface area contributed by atoms with Gasteiger partial charge in [-0.1, -0.05) is 11.2 Å². The highest BCUT2D eigenvalue weighted by atomic mass is 16.5. The second-order valence-electron chi connectivity index (χ2n) is 7.54. The summed E-state index contributed by atoms with van der Waals surface area (Å²) in [7, 11) is 4.91. The van der Waals surface area contributed by atoms with Crippen LogP contribution in [0.5, 0.6) is 17.2 Å². The number of fused-ring (bicyclic) bond motifs is 3. The van der Waals surface area contributed by atoms with Gasteiger partial charge < -0.3 is 18.7 Å². The van der Waals surface area contributed by atoms with E-state index < -0.39 is 0 Å². The summed E-state index contributed by atoms with van der Waals surface area (Å²) >= 11 is 0. The first-order valence-corrected chi connectivity index (χ1v) is 9.95. The van der Waals surface area contributed by atoms with Gasteiger partial charge in [-0.2, -0.15) is 4.98 Å². The van der Waals surface area contributed by atoms with E-state index in [9.17, 15) is 0 Å². The first kappa shape index (κ1) is 18.9. The topological polar surface area (TPSA) is 90.7 Å². The molecular weight excluding hydrogens is 384 g/mol. The van der Waals surface area contributed by atoms with Crippen molar-refractivity contribution in [1.29, 1.82) is 0 Å². The lowest BCUT2D eigenvalue weighted by Crippen LogP contribution is -2.27. The first-order chi connectivity index (χ1) is 14.7. The molecule has 0 bridgehead atoms. The van der Waals surface area contributed by atoms with Crippen molar-refractivity contribution >= 4 is 0 Å². The standard InChI is InChI=1S/C22H24N4O4/c1-27-14-6-8-15-12(10-14)4-7-16-19(15)24-25-20(16)22-23-21(26-30-22)13-5-9-17(28-2)18(11-13)29-3/h5-6,8-11,16,19-20,24-25H,4,7H2,1-3H3. The molecule has 2 aromatic carbocycles. The molecule has 1 aromatic heterocycles. The van der Waals surface area contributed by atoms with E-state index >= 15 is 0 Å². The van der Waals surface area contributed by atoms with Crippen LogP contribution in [0.2, 0.25) is 0 Å². The molecule has 2 heterocycles. The van der Waals surface area contributed by atoms with Crippen molar-refractivity contribution in [3.8, 4) is 28.6 Å². The minimum atomic E-state index is -0.0494. The van der Waals surface area contributed by atoms with Crippen LogP contribution in [0, 0.1) is 5.92 Å². The van der Waals surface area contributed by atoms with Gasteiger partial charge in [0, 0.05) is 11.5 Å². The predicted octanol–water partition coefficient (Wildman–Crippen LogP) is 3.22. The second kappa shape index (κ2) is 7.62. The van der Waals surface area contributed by atoms with E-state index in [2.05, 4.69) is 33.1 Å². The van der Waals surface area contributed by atoms with Gasteiger partial charge in [-0.05, 0) is 54.3 Å². The van der Waals surface area contributed by atoms with Gasteiger partial charge in [0.15, 0.2) is 11.5 Å². The van der Waals surface area contributed by atoms with E-state index in [0.29, 0.717) is 29.1 Å². The fourth-order valence-electron chi connectivity index (χ4n) is 4.48. The number of nitrogens with one attached hydrogen (secondary N) is 2. The van der Waals surface area contributed by atoms with Crippen LogP contribution in [0.4, 0.5) is 0 Å². The van der Waals surface area contributed by atoms with E-state index in [1.165, 1.54) is 11.1 Å². The molecule has 0 amide bonds. The first-order valence-electron chi connectivity index (χ1n) is 9.95. The molecule has 30 heavy (non-hydrogen) atoms. The smallest absolute Gasteiger partial charge is 0.245 e. The Morgan fingerprint density at radius 3 is 2.57 bits per heavy atom. The molecule has 3 aromatic rings. The number of hydrogen-bond acceptors (Lipinski definition) is 8. The predicted molar refractivity (Wildman–Crippen MR) is 109 cm³/mol. The van der Waals surface area contributed by atoms with Gasteiger partial charge in [-0.15, -0.1) is 0 Å². The third-order valence-corrected chi connectivity index (χ3v) is 6.03. The molecule has 1 fully saturated rings. The Morgan fingerprint density at radius 1 is 0.933 bits per heavy atom. The molecule has 8 heteroatoms. The molecule has 1 saturated heterocycles. The SMILES string of the molecule is COc1ccc2c(c1)CCC1C(c3nc(-c4ccc(OC)c(OC)c4)no3)NNC21. The van der Waals surface area contributed by atoms with Crippen molar-refractivity contribution in [2.75, 3.05) is 21.3 Å². The van der Waals surface area contributed by atoms with Crippen LogP contribution in [0.25, 0.3) is 11.4 Å². The molecular formula is C22H24N4O4. The number of rotatable bonds is 5. The summed E-state index contributed by atoms with van der Waals surface area (Å²) in [5.74, 6) is 3.61. The van der Waals surface area contributed by atoms with Crippen LogP contribution in [0.15, 0.2) is 40.9 Å². The highest BCUT2D eigenvalue weighted by Crippen LogP contribution is 2.45. The number of aryl methyl sites for hydroxylation is 1. The molecule has 3 unspecified atom stereocenters. The Labute approximate surface area is 174 Å². The fraction of sp³-hybridized carbons (Fsp3) is 0.364. The van der Waals surface area contributed by atoms with Crippen molar-refractivity contribution < 1.29 is 18.7 Å². The van der Waals surface area contributed by atoms with Crippen LogP contribution in [-0.2, 0) is 6.42 Å².